The van der Waals surface area contributed by atoms with Crippen LogP contribution in [0.1, 0.15) is 12.5 Å². The number of carbonyl (C=O) groups is 1. The molecule has 1 atom stereocenters. The molecule has 0 bridgehead atoms. The Morgan fingerprint density at radius 3 is 2.65 bits per heavy atom. The normalized spacial score (nSPS) is 15.3. The standard InChI is InChI=1S/C29H28N8O3/c1-20-18-35(29(38)39)11-12-36(20)22-13-23(16-31-15-22)37-26-14-24(40-19-21-5-3-2-4-6-21)7-8-25(26)28(34-37)33-27-17-30-9-10-32-27/h2-10,13-17,20H,11-12,18-19H2,1H3,(H,38,39)(H,32,33,34)/t20-/m0/s1. The van der Waals surface area contributed by atoms with Crippen LogP contribution in [0.4, 0.5) is 22.1 Å². The van der Waals surface area contributed by atoms with Gasteiger partial charge in [-0.2, -0.15) is 0 Å². The van der Waals surface area contributed by atoms with E-state index in [4.69, 9.17) is 9.84 Å². The summed E-state index contributed by atoms with van der Waals surface area (Å²) >= 11 is 0. The van der Waals surface area contributed by atoms with Crippen molar-refractivity contribution in [3.63, 3.8) is 0 Å². The second-order valence-electron chi connectivity index (χ2n) is 9.60. The molecule has 1 aliphatic heterocycles. The van der Waals surface area contributed by atoms with Gasteiger partial charge in [-0.15, -0.1) is 5.10 Å². The van der Waals surface area contributed by atoms with Crippen LogP contribution in [0.15, 0.2) is 85.6 Å². The molecule has 2 N–H and O–H groups in total. The second kappa shape index (κ2) is 10.9. The van der Waals surface area contributed by atoms with Crippen molar-refractivity contribution in [2.45, 2.75) is 19.6 Å². The van der Waals surface area contributed by atoms with E-state index in [-0.39, 0.29) is 6.04 Å². The molecule has 202 valence electrons. The van der Waals surface area contributed by atoms with Gasteiger partial charge in [0.25, 0.3) is 0 Å². The van der Waals surface area contributed by atoms with Gasteiger partial charge in [0, 0.05) is 49.5 Å². The van der Waals surface area contributed by atoms with Crippen LogP contribution in [0.25, 0.3) is 16.6 Å². The second-order valence-corrected chi connectivity index (χ2v) is 9.60. The van der Waals surface area contributed by atoms with Gasteiger partial charge in [-0.1, -0.05) is 30.3 Å². The van der Waals surface area contributed by atoms with Crippen molar-refractivity contribution in [1.29, 1.82) is 0 Å². The van der Waals surface area contributed by atoms with E-state index in [9.17, 15) is 9.90 Å². The third-order valence-electron chi connectivity index (χ3n) is 6.89. The minimum Gasteiger partial charge on any atom is -0.489 e. The molecule has 1 saturated heterocycles. The molecule has 0 unspecified atom stereocenters. The molecule has 1 fully saturated rings. The molecule has 1 amide bonds. The lowest BCUT2D eigenvalue weighted by molar-refractivity contribution is 0.136. The van der Waals surface area contributed by atoms with E-state index in [1.807, 2.05) is 66.2 Å². The fraction of sp³-hybridized carbons (Fsp3) is 0.207. The lowest BCUT2D eigenvalue weighted by atomic mass is 10.1. The first-order valence-corrected chi connectivity index (χ1v) is 13.0. The number of fused-ring (bicyclic) bond motifs is 1. The number of amides is 1. The van der Waals surface area contributed by atoms with Crippen molar-refractivity contribution >= 4 is 34.3 Å². The van der Waals surface area contributed by atoms with Crippen LogP contribution < -0.4 is 15.0 Å². The van der Waals surface area contributed by atoms with Crippen molar-refractivity contribution in [1.82, 2.24) is 29.6 Å². The van der Waals surface area contributed by atoms with Gasteiger partial charge in [0.2, 0.25) is 0 Å². The van der Waals surface area contributed by atoms with E-state index in [1.54, 1.807) is 31.0 Å². The minimum absolute atomic E-state index is 0.00291. The number of pyridine rings is 1. The molecular weight excluding hydrogens is 508 g/mol. The zero-order valence-electron chi connectivity index (χ0n) is 21.9. The van der Waals surface area contributed by atoms with Gasteiger partial charge in [0.15, 0.2) is 5.82 Å². The zero-order chi connectivity index (χ0) is 27.5. The number of rotatable bonds is 7. The fourth-order valence-electron chi connectivity index (χ4n) is 4.90. The largest absolute Gasteiger partial charge is 0.489 e. The van der Waals surface area contributed by atoms with Crippen molar-refractivity contribution in [3.05, 3.63) is 91.1 Å². The summed E-state index contributed by atoms with van der Waals surface area (Å²) in [7, 11) is 0. The number of hydrogen-bond acceptors (Lipinski definition) is 8. The summed E-state index contributed by atoms with van der Waals surface area (Å²) in [6, 6.07) is 17.9. The molecule has 11 nitrogen and oxygen atoms in total. The predicted octanol–water partition coefficient (Wildman–Crippen LogP) is 4.72. The Kier molecular flexibility index (Phi) is 6.84. The average molecular weight is 537 g/mol. The van der Waals surface area contributed by atoms with Gasteiger partial charge in [-0.05, 0) is 30.7 Å². The Morgan fingerprint density at radius 1 is 1.02 bits per heavy atom. The Morgan fingerprint density at radius 2 is 1.88 bits per heavy atom. The van der Waals surface area contributed by atoms with Crippen LogP contribution in [0, 0.1) is 0 Å². The van der Waals surface area contributed by atoms with Crippen molar-refractivity contribution in [2.24, 2.45) is 0 Å². The smallest absolute Gasteiger partial charge is 0.407 e. The van der Waals surface area contributed by atoms with E-state index in [1.165, 1.54) is 4.90 Å². The molecule has 11 heteroatoms. The Labute approximate surface area is 230 Å². The van der Waals surface area contributed by atoms with Gasteiger partial charge in [0.1, 0.15) is 18.2 Å². The maximum atomic E-state index is 11.5. The third-order valence-corrected chi connectivity index (χ3v) is 6.89. The quantitative estimate of drug-likeness (QED) is 0.304. The maximum absolute atomic E-state index is 11.5. The third kappa shape index (κ3) is 5.21. The highest BCUT2D eigenvalue weighted by Gasteiger charge is 2.27. The van der Waals surface area contributed by atoms with Gasteiger partial charge < -0.3 is 25.0 Å². The van der Waals surface area contributed by atoms with Gasteiger partial charge >= 0.3 is 6.09 Å². The molecule has 0 spiro atoms. The maximum Gasteiger partial charge on any atom is 0.407 e. The number of piperazine rings is 1. The van der Waals surface area contributed by atoms with Crippen LogP contribution in [-0.4, -0.2) is 66.5 Å². The molecule has 2 aromatic carbocycles. The van der Waals surface area contributed by atoms with E-state index >= 15 is 0 Å². The molecule has 40 heavy (non-hydrogen) atoms. The van der Waals surface area contributed by atoms with Crippen LogP contribution in [0.3, 0.4) is 0 Å². The molecule has 4 heterocycles. The number of nitrogens with one attached hydrogen (secondary N) is 1. The lowest BCUT2D eigenvalue weighted by Gasteiger charge is -2.40. The number of aromatic nitrogens is 5. The van der Waals surface area contributed by atoms with Gasteiger partial charge in [-0.3, -0.25) is 9.97 Å². The summed E-state index contributed by atoms with van der Waals surface area (Å²) in [4.78, 5) is 28.1. The lowest BCUT2D eigenvalue weighted by Crippen LogP contribution is -2.53. The summed E-state index contributed by atoms with van der Waals surface area (Å²) in [5, 5.41) is 18.4. The predicted molar refractivity (Wildman–Crippen MR) is 151 cm³/mol. The first-order valence-electron chi connectivity index (χ1n) is 13.0. The Bertz CT molecular complexity index is 1630. The number of anilines is 3. The molecule has 3 aromatic heterocycles. The highest BCUT2D eigenvalue weighted by atomic mass is 16.5. The summed E-state index contributed by atoms with van der Waals surface area (Å²) in [6.07, 6.45) is 7.55. The highest BCUT2D eigenvalue weighted by Crippen LogP contribution is 2.32. The van der Waals surface area contributed by atoms with Crippen LogP contribution >= 0.6 is 0 Å². The highest BCUT2D eigenvalue weighted by molar-refractivity contribution is 5.93. The number of hydrogen-bond donors (Lipinski definition) is 2. The summed E-state index contributed by atoms with van der Waals surface area (Å²) in [5.74, 6) is 1.92. The first-order chi connectivity index (χ1) is 19.5. The van der Waals surface area contributed by atoms with E-state index in [0.717, 1.165) is 27.8 Å². The van der Waals surface area contributed by atoms with Crippen LogP contribution in [-0.2, 0) is 6.61 Å². The van der Waals surface area contributed by atoms with E-state index < -0.39 is 6.09 Å². The summed E-state index contributed by atoms with van der Waals surface area (Å²) in [6.45, 7) is 3.91. The Balaban J connectivity index is 1.36. The number of ether oxygens (including phenoxy) is 1. The minimum atomic E-state index is -0.894. The Hall–Kier alpha value is -5.19. The molecule has 0 aliphatic carbocycles. The van der Waals surface area contributed by atoms with Gasteiger partial charge in [-0.25, -0.2) is 14.5 Å². The van der Waals surface area contributed by atoms with Crippen LogP contribution in [0.5, 0.6) is 5.75 Å². The van der Waals surface area contributed by atoms with Crippen molar-refractivity contribution in [3.8, 4) is 11.4 Å². The number of carboxylic acid groups (broad SMARTS) is 1. The number of benzene rings is 2. The molecule has 5 aromatic rings. The summed E-state index contributed by atoms with van der Waals surface area (Å²) < 4.78 is 7.95. The topological polar surface area (TPSA) is 122 Å². The first kappa shape index (κ1) is 25.1. The molecule has 0 radical (unpaired) electrons. The number of nitrogens with zero attached hydrogens (tertiary/aromatic N) is 7. The van der Waals surface area contributed by atoms with Gasteiger partial charge in [0.05, 0.1) is 35.5 Å². The zero-order valence-corrected chi connectivity index (χ0v) is 21.9. The van der Waals surface area contributed by atoms with E-state index in [2.05, 4.69) is 25.2 Å². The summed E-state index contributed by atoms with van der Waals surface area (Å²) in [5.41, 5.74) is 3.58. The molecule has 6 rings (SSSR count). The van der Waals surface area contributed by atoms with Crippen LogP contribution in [0.2, 0.25) is 0 Å². The van der Waals surface area contributed by atoms with Crippen molar-refractivity contribution in [2.75, 3.05) is 29.9 Å². The van der Waals surface area contributed by atoms with Crippen molar-refractivity contribution < 1.29 is 14.6 Å². The molecule has 0 saturated carbocycles. The van der Waals surface area contributed by atoms with E-state index in [0.29, 0.717) is 43.6 Å². The molecule has 1 aliphatic rings. The SMILES string of the molecule is C[C@H]1CN(C(=O)O)CCN1c1cncc(-n2nc(Nc3cnccn3)c3ccc(OCc4ccccc4)cc32)c1. The average Bonchev–Trinajstić information content (AvgIpc) is 3.34. The fourth-order valence-corrected chi connectivity index (χ4v) is 4.90. The monoisotopic (exact) mass is 536 g/mol. The molecular formula is C29H28N8O3.